The van der Waals surface area contributed by atoms with Crippen molar-refractivity contribution in [3.63, 3.8) is 0 Å². The van der Waals surface area contributed by atoms with Crippen LogP contribution in [0.3, 0.4) is 0 Å². The Morgan fingerprint density at radius 2 is 1.86 bits per heavy atom. The van der Waals surface area contributed by atoms with Gasteiger partial charge in [0.1, 0.15) is 5.75 Å². The second-order valence-corrected chi connectivity index (χ2v) is 7.07. The molecular weight excluding hydrogens is 373 g/mol. The second kappa shape index (κ2) is 8.86. The number of aliphatic hydroxyl groups excluding tert-OH is 1. The SMILES string of the molecule is CCCOc1nn(-c2ccc(OC(F)(F)F)cc2)cc1C(O)C1CCCCC1. The van der Waals surface area contributed by atoms with Gasteiger partial charge in [-0.15, -0.1) is 18.3 Å². The van der Waals surface area contributed by atoms with Gasteiger partial charge in [0, 0.05) is 6.20 Å². The molecule has 1 unspecified atom stereocenters. The predicted molar refractivity (Wildman–Crippen MR) is 97.6 cm³/mol. The summed E-state index contributed by atoms with van der Waals surface area (Å²) in [4.78, 5) is 0. The maximum absolute atomic E-state index is 12.3. The van der Waals surface area contributed by atoms with Crippen LogP contribution in [0, 0.1) is 5.92 Å². The lowest BCUT2D eigenvalue weighted by Gasteiger charge is -2.26. The van der Waals surface area contributed by atoms with Gasteiger partial charge in [-0.05, 0) is 49.4 Å². The van der Waals surface area contributed by atoms with E-state index >= 15 is 0 Å². The number of halogens is 3. The first kappa shape index (κ1) is 20.5. The quantitative estimate of drug-likeness (QED) is 0.699. The summed E-state index contributed by atoms with van der Waals surface area (Å²) in [7, 11) is 0. The molecule has 2 aromatic rings. The zero-order valence-electron chi connectivity index (χ0n) is 15.8. The molecule has 0 spiro atoms. The molecule has 1 heterocycles. The number of aliphatic hydroxyl groups is 1. The Balaban J connectivity index is 1.83. The molecule has 0 aliphatic heterocycles. The first-order chi connectivity index (χ1) is 13.4. The molecule has 1 atom stereocenters. The highest BCUT2D eigenvalue weighted by Gasteiger charge is 2.31. The van der Waals surface area contributed by atoms with E-state index in [1.165, 1.54) is 35.4 Å². The van der Waals surface area contributed by atoms with Gasteiger partial charge < -0.3 is 14.6 Å². The number of benzene rings is 1. The molecule has 0 saturated heterocycles. The summed E-state index contributed by atoms with van der Waals surface area (Å²) in [5, 5.41) is 15.3. The standard InChI is InChI=1S/C20H25F3N2O3/c1-2-12-27-19-17(18(26)14-6-4-3-5-7-14)13-25(24-19)15-8-10-16(11-9-15)28-20(21,22)23/h8-11,13-14,18,26H,2-7,12H2,1H3. The van der Waals surface area contributed by atoms with Gasteiger partial charge in [0.15, 0.2) is 0 Å². The molecule has 1 fully saturated rings. The van der Waals surface area contributed by atoms with Crippen LogP contribution >= 0.6 is 0 Å². The summed E-state index contributed by atoms with van der Waals surface area (Å²) in [6, 6.07) is 5.42. The minimum atomic E-state index is -4.73. The van der Waals surface area contributed by atoms with Gasteiger partial charge in [-0.25, -0.2) is 4.68 Å². The number of nitrogens with zero attached hydrogens (tertiary/aromatic N) is 2. The number of rotatable bonds is 7. The van der Waals surface area contributed by atoms with Crippen molar-refractivity contribution in [2.45, 2.75) is 57.9 Å². The zero-order valence-corrected chi connectivity index (χ0v) is 15.8. The van der Waals surface area contributed by atoms with Gasteiger partial charge in [0.05, 0.1) is 24.0 Å². The van der Waals surface area contributed by atoms with E-state index < -0.39 is 12.5 Å². The van der Waals surface area contributed by atoms with Crippen molar-refractivity contribution in [1.29, 1.82) is 0 Å². The number of ether oxygens (including phenoxy) is 2. The summed E-state index contributed by atoms with van der Waals surface area (Å²) in [6.45, 7) is 2.45. The third kappa shape index (κ3) is 5.19. The van der Waals surface area contributed by atoms with Gasteiger partial charge in [0.25, 0.3) is 0 Å². The fourth-order valence-electron chi connectivity index (χ4n) is 3.52. The topological polar surface area (TPSA) is 56.5 Å². The van der Waals surface area contributed by atoms with Crippen LogP contribution in [-0.2, 0) is 0 Å². The fourth-order valence-corrected chi connectivity index (χ4v) is 3.52. The Morgan fingerprint density at radius 1 is 1.18 bits per heavy atom. The third-order valence-electron chi connectivity index (χ3n) is 4.90. The summed E-state index contributed by atoms with van der Waals surface area (Å²) in [5.41, 5.74) is 1.17. The van der Waals surface area contributed by atoms with Gasteiger partial charge in [-0.2, -0.15) is 0 Å². The van der Waals surface area contributed by atoms with Crippen molar-refractivity contribution in [3.05, 3.63) is 36.0 Å². The van der Waals surface area contributed by atoms with E-state index in [0.717, 1.165) is 32.1 Å². The Morgan fingerprint density at radius 3 is 2.46 bits per heavy atom. The van der Waals surface area contributed by atoms with Crippen molar-refractivity contribution in [2.24, 2.45) is 5.92 Å². The van der Waals surface area contributed by atoms with Crippen LogP contribution in [0.5, 0.6) is 11.6 Å². The lowest BCUT2D eigenvalue weighted by Crippen LogP contribution is -2.17. The van der Waals surface area contributed by atoms with E-state index in [2.05, 4.69) is 9.84 Å². The maximum atomic E-state index is 12.3. The van der Waals surface area contributed by atoms with Gasteiger partial charge >= 0.3 is 6.36 Å². The Hall–Kier alpha value is -2.22. The summed E-state index contributed by atoms with van der Waals surface area (Å²) in [5.74, 6) is 0.238. The van der Waals surface area contributed by atoms with E-state index in [0.29, 0.717) is 23.7 Å². The molecule has 8 heteroatoms. The number of aromatic nitrogens is 2. The van der Waals surface area contributed by atoms with Crippen molar-refractivity contribution >= 4 is 0 Å². The lowest BCUT2D eigenvalue weighted by molar-refractivity contribution is -0.274. The molecule has 0 bridgehead atoms. The molecule has 1 aromatic carbocycles. The van der Waals surface area contributed by atoms with Crippen LogP contribution in [0.1, 0.15) is 57.1 Å². The van der Waals surface area contributed by atoms with Crippen LogP contribution in [0.25, 0.3) is 5.69 Å². The zero-order chi connectivity index (χ0) is 20.1. The molecule has 1 aliphatic carbocycles. The van der Waals surface area contributed by atoms with Crippen LogP contribution < -0.4 is 9.47 Å². The Labute approximate surface area is 162 Å². The van der Waals surface area contributed by atoms with Gasteiger partial charge in [-0.1, -0.05) is 26.2 Å². The average Bonchev–Trinajstić information content (AvgIpc) is 3.10. The maximum Gasteiger partial charge on any atom is 0.573 e. The van der Waals surface area contributed by atoms with E-state index in [4.69, 9.17) is 4.74 Å². The Bertz CT molecular complexity index is 753. The van der Waals surface area contributed by atoms with Crippen LogP contribution in [0.15, 0.2) is 30.5 Å². The van der Waals surface area contributed by atoms with Crippen molar-refractivity contribution < 1.29 is 27.8 Å². The van der Waals surface area contributed by atoms with Gasteiger partial charge in [0.2, 0.25) is 5.88 Å². The summed E-state index contributed by atoms with van der Waals surface area (Å²) >= 11 is 0. The predicted octanol–water partition coefficient (Wildman–Crippen LogP) is 5.17. The minimum Gasteiger partial charge on any atom is -0.476 e. The first-order valence-corrected chi connectivity index (χ1v) is 9.64. The largest absolute Gasteiger partial charge is 0.573 e. The van der Waals surface area contributed by atoms with Gasteiger partial charge in [-0.3, -0.25) is 0 Å². The number of hydrogen-bond donors (Lipinski definition) is 1. The molecule has 1 N–H and O–H groups in total. The van der Waals surface area contributed by atoms with Crippen molar-refractivity contribution in [1.82, 2.24) is 9.78 Å². The summed E-state index contributed by atoms with van der Waals surface area (Å²) < 4.78 is 48.1. The highest BCUT2D eigenvalue weighted by Crippen LogP contribution is 2.38. The minimum absolute atomic E-state index is 0.165. The molecule has 0 amide bonds. The van der Waals surface area contributed by atoms with E-state index in [9.17, 15) is 18.3 Å². The molecule has 0 radical (unpaired) electrons. The molecule has 1 aliphatic rings. The van der Waals surface area contributed by atoms with Crippen LogP contribution in [0.2, 0.25) is 0 Å². The van der Waals surface area contributed by atoms with Crippen molar-refractivity contribution in [3.8, 4) is 17.3 Å². The Kier molecular flexibility index (Phi) is 6.49. The molecule has 1 saturated carbocycles. The highest BCUT2D eigenvalue weighted by atomic mass is 19.4. The van der Waals surface area contributed by atoms with E-state index in [1.807, 2.05) is 6.92 Å². The van der Waals surface area contributed by atoms with E-state index in [-0.39, 0.29) is 11.7 Å². The third-order valence-corrected chi connectivity index (χ3v) is 4.90. The highest BCUT2D eigenvalue weighted by molar-refractivity contribution is 5.39. The smallest absolute Gasteiger partial charge is 0.476 e. The average molecular weight is 398 g/mol. The second-order valence-electron chi connectivity index (χ2n) is 7.07. The van der Waals surface area contributed by atoms with E-state index in [1.54, 1.807) is 6.20 Å². The number of hydrogen-bond acceptors (Lipinski definition) is 4. The molecule has 5 nitrogen and oxygen atoms in total. The lowest BCUT2D eigenvalue weighted by atomic mass is 9.83. The molecule has 154 valence electrons. The monoisotopic (exact) mass is 398 g/mol. The van der Waals surface area contributed by atoms with Crippen LogP contribution in [0.4, 0.5) is 13.2 Å². The summed E-state index contributed by atoms with van der Waals surface area (Å²) in [6.07, 6.45) is 2.41. The molecule has 3 rings (SSSR count). The first-order valence-electron chi connectivity index (χ1n) is 9.64. The van der Waals surface area contributed by atoms with Crippen LogP contribution in [-0.4, -0.2) is 27.9 Å². The van der Waals surface area contributed by atoms with Crippen molar-refractivity contribution in [2.75, 3.05) is 6.61 Å². The normalized spacial score (nSPS) is 16.8. The molecule has 28 heavy (non-hydrogen) atoms. The number of alkyl halides is 3. The molecule has 1 aromatic heterocycles. The molecular formula is C20H25F3N2O3. The fraction of sp³-hybridized carbons (Fsp3) is 0.550.